The Morgan fingerprint density at radius 2 is 2.15 bits per heavy atom. The van der Waals surface area contributed by atoms with Gasteiger partial charge in [-0.2, -0.15) is 0 Å². The van der Waals surface area contributed by atoms with E-state index in [0.717, 1.165) is 22.9 Å². The molecular weight excluding hydrogens is 373 g/mol. The van der Waals surface area contributed by atoms with Gasteiger partial charge in [-0.05, 0) is 49.2 Å². The van der Waals surface area contributed by atoms with Crippen LogP contribution in [-0.2, 0) is 5.54 Å². The summed E-state index contributed by atoms with van der Waals surface area (Å²) in [5, 5.41) is 7.34. The van der Waals surface area contributed by atoms with E-state index in [1.54, 1.807) is 55.2 Å². The first-order valence-electron chi connectivity index (χ1n) is 8.16. The standard InChI is InChI=1S/C19H19ClFN3OS/c1-19(8-9-26-18(22-2)24-19)13-6-7-15(21)16(11-13)23-17(25)12-4-3-5-14(20)10-12/h3-7,10-11H,8-9H2,1-2H3,(H,22,24)(H,23,25). The van der Waals surface area contributed by atoms with Gasteiger partial charge in [-0.15, -0.1) is 0 Å². The first-order valence-corrected chi connectivity index (χ1v) is 9.52. The highest BCUT2D eigenvalue weighted by Crippen LogP contribution is 2.33. The van der Waals surface area contributed by atoms with Crippen molar-refractivity contribution in [3.05, 3.63) is 64.4 Å². The number of thioether (sulfide) groups is 1. The Morgan fingerprint density at radius 1 is 1.35 bits per heavy atom. The van der Waals surface area contributed by atoms with Gasteiger partial charge in [0.25, 0.3) is 5.91 Å². The van der Waals surface area contributed by atoms with Crippen LogP contribution in [-0.4, -0.2) is 23.9 Å². The molecule has 3 rings (SSSR count). The Labute approximate surface area is 161 Å². The predicted octanol–water partition coefficient (Wildman–Crippen LogP) is 4.66. The van der Waals surface area contributed by atoms with Crippen LogP contribution in [0.25, 0.3) is 0 Å². The van der Waals surface area contributed by atoms with Crippen LogP contribution < -0.4 is 10.6 Å². The molecule has 1 atom stereocenters. The van der Waals surface area contributed by atoms with Crippen molar-refractivity contribution >= 4 is 40.1 Å². The molecule has 0 spiro atoms. The third-order valence-electron chi connectivity index (χ3n) is 4.37. The minimum absolute atomic E-state index is 0.142. The second-order valence-electron chi connectivity index (χ2n) is 6.24. The maximum Gasteiger partial charge on any atom is 0.255 e. The highest BCUT2D eigenvalue weighted by atomic mass is 35.5. The number of carbonyl (C=O) groups excluding carboxylic acids is 1. The van der Waals surface area contributed by atoms with Crippen molar-refractivity contribution < 1.29 is 9.18 Å². The van der Waals surface area contributed by atoms with Crippen LogP contribution in [0.4, 0.5) is 10.1 Å². The Hall–Kier alpha value is -2.05. The molecule has 136 valence electrons. The van der Waals surface area contributed by atoms with Gasteiger partial charge >= 0.3 is 0 Å². The summed E-state index contributed by atoms with van der Waals surface area (Å²) in [5.74, 6) is 0.0246. The van der Waals surface area contributed by atoms with Gasteiger partial charge in [0, 0.05) is 23.4 Å². The number of aliphatic imine (C=N–C) groups is 1. The molecule has 2 aromatic rings. The van der Waals surface area contributed by atoms with Crippen molar-refractivity contribution in [2.24, 2.45) is 4.99 Å². The summed E-state index contributed by atoms with van der Waals surface area (Å²) in [6.07, 6.45) is 0.865. The van der Waals surface area contributed by atoms with E-state index in [0.29, 0.717) is 10.6 Å². The molecule has 1 heterocycles. The number of hydrogen-bond donors (Lipinski definition) is 2. The van der Waals surface area contributed by atoms with Crippen molar-refractivity contribution in [1.29, 1.82) is 0 Å². The van der Waals surface area contributed by atoms with Crippen molar-refractivity contribution in [3.63, 3.8) is 0 Å². The molecule has 1 fully saturated rings. The van der Waals surface area contributed by atoms with Gasteiger partial charge < -0.3 is 10.6 Å². The fourth-order valence-electron chi connectivity index (χ4n) is 2.81. The van der Waals surface area contributed by atoms with Crippen LogP contribution >= 0.6 is 23.4 Å². The third kappa shape index (κ3) is 4.02. The summed E-state index contributed by atoms with van der Waals surface area (Å²) >= 11 is 7.58. The van der Waals surface area contributed by atoms with Gasteiger partial charge in [0.05, 0.1) is 11.2 Å². The molecule has 26 heavy (non-hydrogen) atoms. The second-order valence-corrected chi connectivity index (χ2v) is 7.76. The predicted molar refractivity (Wildman–Crippen MR) is 107 cm³/mol. The van der Waals surface area contributed by atoms with Crippen LogP contribution in [0.15, 0.2) is 47.5 Å². The molecule has 4 nitrogen and oxygen atoms in total. The molecule has 0 saturated carbocycles. The maximum atomic E-state index is 14.3. The Bertz CT molecular complexity index is 874. The van der Waals surface area contributed by atoms with Gasteiger partial charge in [0.2, 0.25) is 0 Å². The minimum Gasteiger partial charge on any atom is -0.356 e. The van der Waals surface area contributed by atoms with E-state index < -0.39 is 11.7 Å². The maximum absolute atomic E-state index is 14.3. The number of rotatable bonds is 3. The summed E-state index contributed by atoms with van der Waals surface area (Å²) in [6.45, 7) is 2.05. The summed E-state index contributed by atoms with van der Waals surface area (Å²) in [4.78, 5) is 16.6. The Kier molecular flexibility index (Phi) is 5.53. The van der Waals surface area contributed by atoms with E-state index >= 15 is 0 Å². The van der Waals surface area contributed by atoms with E-state index in [2.05, 4.69) is 15.6 Å². The molecule has 2 N–H and O–H groups in total. The molecule has 0 bridgehead atoms. The molecule has 0 aromatic heterocycles. The number of hydrogen-bond acceptors (Lipinski definition) is 3. The van der Waals surface area contributed by atoms with E-state index in [1.165, 1.54) is 6.07 Å². The van der Waals surface area contributed by atoms with E-state index in [9.17, 15) is 9.18 Å². The van der Waals surface area contributed by atoms with Gasteiger partial charge in [0.15, 0.2) is 5.17 Å². The zero-order valence-corrected chi connectivity index (χ0v) is 16.0. The SMILES string of the molecule is CN=C1NC(C)(c2ccc(F)c(NC(=O)c3cccc(Cl)c3)c2)CCS1. The highest BCUT2D eigenvalue weighted by Gasteiger charge is 2.32. The monoisotopic (exact) mass is 391 g/mol. The third-order valence-corrected chi connectivity index (χ3v) is 5.57. The number of nitrogens with one attached hydrogen (secondary N) is 2. The number of amidine groups is 1. The normalized spacial score (nSPS) is 21.3. The van der Waals surface area contributed by atoms with Crippen molar-refractivity contribution in [3.8, 4) is 0 Å². The lowest BCUT2D eigenvalue weighted by atomic mass is 9.89. The molecule has 2 aromatic carbocycles. The molecule has 1 unspecified atom stereocenters. The summed E-state index contributed by atoms with van der Waals surface area (Å²) in [6, 6.07) is 11.3. The molecule has 1 saturated heterocycles. The van der Waals surface area contributed by atoms with Crippen LogP contribution in [0, 0.1) is 5.82 Å². The van der Waals surface area contributed by atoms with Crippen LogP contribution in [0.3, 0.4) is 0 Å². The zero-order chi connectivity index (χ0) is 18.7. The van der Waals surface area contributed by atoms with Gasteiger partial charge in [-0.25, -0.2) is 4.39 Å². The lowest BCUT2D eigenvalue weighted by molar-refractivity contribution is 0.102. The Morgan fingerprint density at radius 3 is 2.88 bits per heavy atom. The number of amides is 1. The summed E-state index contributed by atoms with van der Waals surface area (Å²) < 4.78 is 14.3. The first kappa shape index (κ1) is 18.7. The molecule has 1 aliphatic rings. The average Bonchev–Trinajstić information content (AvgIpc) is 2.63. The van der Waals surface area contributed by atoms with Gasteiger partial charge in [-0.1, -0.05) is 35.5 Å². The molecule has 0 aliphatic carbocycles. The van der Waals surface area contributed by atoms with Crippen LogP contribution in [0.1, 0.15) is 29.3 Å². The topological polar surface area (TPSA) is 53.5 Å². The van der Waals surface area contributed by atoms with Crippen LogP contribution in [0.2, 0.25) is 5.02 Å². The largest absolute Gasteiger partial charge is 0.356 e. The molecule has 1 amide bonds. The molecule has 7 heteroatoms. The highest BCUT2D eigenvalue weighted by molar-refractivity contribution is 8.13. The average molecular weight is 392 g/mol. The molecule has 1 aliphatic heterocycles. The van der Waals surface area contributed by atoms with E-state index in [-0.39, 0.29) is 11.2 Å². The number of halogens is 2. The lowest BCUT2D eigenvalue weighted by Crippen LogP contribution is -2.46. The summed E-state index contributed by atoms with van der Waals surface area (Å²) in [7, 11) is 1.74. The smallest absolute Gasteiger partial charge is 0.255 e. The summed E-state index contributed by atoms with van der Waals surface area (Å²) in [5.41, 5.74) is 1.04. The second kappa shape index (κ2) is 7.68. The van der Waals surface area contributed by atoms with Crippen molar-refractivity contribution in [1.82, 2.24) is 5.32 Å². The van der Waals surface area contributed by atoms with Gasteiger partial charge in [0.1, 0.15) is 5.82 Å². The Balaban J connectivity index is 1.87. The number of carbonyl (C=O) groups is 1. The zero-order valence-electron chi connectivity index (χ0n) is 14.5. The fourth-order valence-corrected chi connectivity index (χ4v) is 4.13. The number of anilines is 1. The number of nitrogens with zero attached hydrogens (tertiary/aromatic N) is 1. The van der Waals surface area contributed by atoms with E-state index in [4.69, 9.17) is 11.6 Å². The molecule has 0 radical (unpaired) electrons. The minimum atomic E-state index is -0.484. The quantitative estimate of drug-likeness (QED) is 0.800. The van der Waals surface area contributed by atoms with Crippen LogP contribution in [0.5, 0.6) is 0 Å². The number of benzene rings is 2. The van der Waals surface area contributed by atoms with Crippen molar-refractivity contribution in [2.75, 3.05) is 18.1 Å². The lowest BCUT2D eigenvalue weighted by Gasteiger charge is -2.36. The van der Waals surface area contributed by atoms with Gasteiger partial charge in [-0.3, -0.25) is 9.79 Å². The van der Waals surface area contributed by atoms with E-state index in [1.807, 2.05) is 6.92 Å². The fraction of sp³-hybridized carbons (Fsp3) is 0.263. The molecular formula is C19H19ClFN3OS. The van der Waals surface area contributed by atoms with Crippen molar-refractivity contribution in [2.45, 2.75) is 18.9 Å². The first-order chi connectivity index (χ1) is 12.4.